The van der Waals surface area contributed by atoms with Gasteiger partial charge >= 0.3 is 69.8 Å². The van der Waals surface area contributed by atoms with E-state index >= 15 is 0 Å². The molecule has 0 amide bonds. The zero-order chi connectivity index (χ0) is 69.2. The molecule has 0 bridgehead atoms. The highest BCUT2D eigenvalue weighted by molar-refractivity contribution is 7.93. The minimum absolute atomic E-state index is 0.0813. The van der Waals surface area contributed by atoms with Crippen LogP contribution in [0.4, 0.5) is 136 Å². The summed E-state index contributed by atoms with van der Waals surface area (Å²) >= 11 is 0. The van der Waals surface area contributed by atoms with Gasteiger partial charge in [0.25, 0.3) is 0 Å². The molecule has 6 aromatic carbocycles. The van der Waals surface area contributed by atoms with Crippen molar-refractivity contribution in [1.29, 1.82) is 0 Å². The van der Waals surface area contributed by atoms with E-state index in [1.807, 2.05) is 0 Å². The lowest BCUT2D eigenvalue weighted by Gasteiger charge is -2.33. The number of sulfone groups is 3. The van der Waals surface area contributed by atoms with E-state index in [2.05, 4.69) is 35.5 Å². The third-order valence-electron chi connectivity index (χ3n) is 12.3. The van der Waals surface area contributed by atoms with E-state index in [4.69, 9.17) is 0 Å². The van der Waals surface area contributed by atoms with Gasteiger partial charge < -0.3 is 4.90 Å². The standard InChI is InChI=1S/C54H24F27NO6S3/c55-43(56,49(67,68)69)46(61,62)52(76,77)89(83,84)40-25-13-34(14-26-40)4-1-31-7-19-37(20-8-31)82(38-21-9-32(10-22-38)2-5-35-15-27-41(28-16-35)90(85,86)53(78,79)47(63,64)44(57,58)50(70,71)72)39-23-11-33(12-24-39)3-6-36-17-29-42(30-18-36)91(87,88)54(80,81)48(65,66)45(59,60)51(73,74)75/h7-30H. The zero-order valence-corrected chi connectivity index (χ0v) is 45.6. The number of hydrogen-bond donors (Lipinski definition) is 0. The molecular weight excluding hydrogens is 1370 g/mol. The quantitative estimate of drug-likeness (QED) is 0.0745. The van der Waals surface area contributed by atoms with Crippen LogP contribution >= 0.6 is 0 Å². The fourth-order valence-corrected chi connectivity index (χ4v) is 10.9. The predicted molar refractivity (Wildman–Crippen MR) is 263 cm³/mol. The first kappa shape index (κ1) is 71.8. The summed E-state index contributed by atoms with van der Waals surface area (Å²) in [5.74, 6) is -30.3. The molecule has 0 saturated carbocycles. The van der Waals surface area contributed by atoms with Crippen molar-refractivity contribution in [3.8, 4) is 35.5 Å². The predicted octanol–water partition coefficient (Wildman–Crippen LogP) is 16.0. The normalized spacial score (nSPS) is 13.9. The Hall–Kier alpha value is -8.24. The van der Waals surface area contributed by atoms with E-state index < -0.39 is 114 Å². The third kappa shape index (κ3) is 12.4. The van der Waals surface area contributed by atoms with E-state index in [0.29, 0.717) is 36.4 Å². The van der Waals surface area contributed by atoms with Crippen molar-refractivity contribution in [1.82, 2.24) is 0 Å². The summed E-state index contributed by atoms with van der Waals surface area (Å²) in [6, 6.07) is 20.5. The Bertz CT molecular complexity index is 3810. The number of nitrogens with zero attached hydrogens (tertiary/aromatic N) is 1. The molecule has 0 radical (unpaired) electrons. The monoisotopic (exact) mass is 1390 g/mol. The Labute approximate surface area is 492 Å². The summed E-state index contributed by atoms with van der Waals surface area (Å²) in [5.41, 5.74) is 0.0474. The molecular formula is C54H24F27NO6S3. The van der Waals surface area contributed by atoms with Crippen LogP contribution in [0.5, 0.6) is 0 Å². The molecule has 0 aliphatic carbocycles. The average molecular weight is 1390 g/mol. The molecule has 0 saturated heterocycles. The Morgan fingerprint density at radius 1 is 0.220 bits per heavy atom. The van der Waals surface area contributed by atoms with Crippen LogP contribution in [-0.4, -0.2) is 95.1 Å². The van der Waals surface area contributed by atoms with Crippen LogP contribution in [0.3, 0.4) is 0 Å². The molecule has 0 fully saturated rings. The van der Waals surface area contributed by atoms with Gasteiger partial charge in [-0.15, -0.1) is 0 Å². The lowest BCUT2D eigenvalue weighted by Crippen LogP contribution is -2.63. The van der Waals surface area contributed by atoms with Crippen LogP contribution in [0.1, 0.15) is 33.4 Å². The van der Waals surface area contributed by atoms with Gasteiger partial charge in [-0.05, 0) is 146 Å². The molecule has 0 spiro atoms. The summed E-state index contributed by atoms with van der Waals surface area (Å²) in [4.78, 5) is -4.02. The van der Waals surface area contributed by atoms with Crippen molar-refractivity contribution in [2.24, 2.45) is 0 Å². The number of hydrogen-bond acceptors (Lipinski definition) is 7. The van der Waals surface area contributed by atoms with Crippen molar-refractivity contribution in [3.63, 3.8) is 0 Å². The van der Waals surface area contributed by atoms with E-state index in [-0.39, 0.29) is 86.8 Å². The molecule has 0 aliphatic rings. The average Bonchev–Trinajstić information content (AvgIpc) is 0.733. The van der Waals surface area contributed by atoms with Gasteiger partial charge in [0, 0.05) is 50.4 Å². The maximum atomic E-state index is 14.4. The van der Waals surface area contributed by atoms with Crippen LogP contribution in [0.2, 0.25) is 0 Å². The van der Waals surface area contributed by atoms with Crippen molar-refractivity contribution in [2.75, 3.05) is 4.90 Å². The Balaban J connectivity index is 1.31. The minimum Gasteiger partial charge on any atom is -0.311 e. The number of halogens is 27. The first-order valence-corrected chi connectivity index (χ1v) is 27.9. The molecule has 0 heterocycles. The van der Waals surface area contributed by atoms with Crippen molar-refractivity contribution < 1.29 is 144 Å². The van der Waals surface area contributed by atoms with Gasteiger partial charge in [0.2, 0.25) is 29.5 Å². The molecule has 0 aromatic heterocycles. The lowest BCUT2D eigenvalue weighted by atomic mass is 10.1. The van der Waals surface area contributed by atoms with Crippen LogP contribution in [0, 0.1) is 35.5 Å². The van der Waals surface area contributed by atoms with Crippen molar-refractivity contribution in [3.05, 3.63) is 179 Å². The topological polar surface area (TPSA) is 106 Å². The Morgan fingerprint density at radius 2 is 0.363 bits per heavy atom. The summed E-state index contributed by atoms with van der Waals surface area (Å²) in [6.45, 7) is 0. The lowest BCUT2D eigenvalue weighted by molar-refractivity contribution is -0.382. The summed E-state index contributed by atoms with van der Waals surface area (Å²) in [5, 5.41) is -21.1. The summed E-state index contributed by atoms with van der Waals surface area (Å²) in [6.07, 6.45) is -22.0. The van der Waals surface area contributed by atoms with Crippen LogP contribution in [-0.2, 0) is 29.5 Å². The molecule has 91 heavy (non-hydrogen) atoms. The summed E-state index contributed by atoms with van der Waals surface area (Å²) < 4.78 is 438. The fraction of sp³-hybridized carbons (Fsp3) is 0.222. The molecule has 0 N–H and O–H groups in total. The fourth-order valence-electron chi connectivity index (χ4n) is 7.15. The largest absolute Gasteiger partial charge is 0.460 e. The van der Waals surface area contributed by atoms with E-state index in [1.54, 1.807) is 0 Å². The molecule has 0 unspecified atom stereocenters. The smallest absolute Gasteiger partial charge is 0.311 e. The third-order valence-corrected chi connectivity index (χ3v) is 17.8. The number of alkyl halides is 27. The Morgan fingerprint density at radius 3 is 0.505 bits per heavy atom. The van der Waals surface area contributed by atoms with Crippen LogP contribution in [0.25, 0.3) is 0 Å². The second-order valence-corrected chi connectivity index (χ2v) is 24.3. The number of benzene rings is 6. The van der Waals surface area contributed by atoms with Crippen molar-refractivity contribution in [2.45, 2.75) is 84.5 Å². The highest BCUT2D eigenvalue weighted by atomic mass is 32.2. The maximum absolute atomic E-state index is 14.4. The zero-order valence-electron chi connectivity index (χ0n) is 43.2. The second-order valence-electron chi connectivity index (χ2n) is 18.3. The number of anilines is 3. The molecule has 0 aliphatic heterocycles. The van der Waals surface area contributed by atoms with Gasteiger partial charge in [-0.2, -0.15) is 119 Å². The first-order valence-electron chi connectivity index (χ1n) is 23.4. The van der Waals surface area contributed by atoms with E-state index in [0.717, 1.165) is 0 Å². The van der Waals surface area contributed by atoms with Gasteiger partial charge in [-0.3, -0.25) is 0 Å². The molecule has 6 rings (SSSR count). The van der Waals surface area contributed by atoms with Gasteiger partial charge in [0.15, 0.2) is 0 Å². The van der Waals surface area contributed by atoms with Crippen molar-refractivity contribution >= 4 is 46.6 Å². The van der Waals surface area contributed by atoms with E-state index in [1.165, 1.54) is 77.7 Å². The Kier molecular flexibility index (Phi) is 18.5. The van der Waals surface area contributed by atoms with Crippen LogP contribution in [0.15, 0.2) is 160 Å². The highest BCUT2D eigenvalue weighted by Crippen LogP contribution is 2.59. The molecule has 6 aromatic rings. The minimum atomic E-state index is -7.53. The van der Waals surface area contributed by atoms with Gasteiger partial charge in [-0.1, -0.05) is 35.5 Å². The van der Waals surface area contributed by atoms with Gasteiger partial charge in [0.05, 0.1) is 14.7 Å². The van der Waals surface area contributed by atoms with E-state index in [9.17, 15) is 144 Å². The van der Waals surface area contributed by atoms with Crippen LogP contribution < -0.4 is 4.90 Å². The van der Waals surface area contributed by atoms with Gasteiger partial charge in [-0.25, -0.2) is 25.3 Å². The molecule has 488 valence electrons. The molecule has 0 atom stereocenters. The molecule has 37 heteroatoms. The van der Waals surface area contributed by atoms with Gasteiger partial charge in [0.1, 0.15) is 0 Å². The summed E-state index contributed by atoms with van der Waals surface area (Å²) in [7, 11) is -20.9. The maximum Gasteiger partial charge on any atom is 0.460 e. The molecule has 7 nitrogen and oxygen atoms in total. The second kappa shape index (κ2) is 23.5. The first-order chi connectivity index (χ1) is 41.1. The highest BCUT2D eigenvalue weighted by Gasteiger charge is 2.87. The number of rotatable bonds is 15. The SMILES string of the molecule is O=S(=O)(c1ccc(C#Cc2ccc(N(c3ccc(C#Cc4ccc(S(=O)(=O)C(F)(F)C(F)(F)C(F)(F)C(F)(F)F)cc4)cc3)c3ccc(C#Cc4ccc(S(=O)(=O)C(F)(F)C(F)(F)C(F)(F)C(F)(F)F)cc4)cc3)cc2)cc1)C(F)(F)C(F)(F)C(F)(F)C(F)(F)F.